The molecule has 0 aliphatic rings. The number of rotatable bonds is 7. The number of thiophene rings is 1. The second-order valence-corrected chi connectivity index (χ2v) is 5.99. The van der Waals surface area contributed by atoms with E-state index in [2.05, 4.69) is 6.92 Å². The molecule has 0 N–H and O–H groups in total. The summed E-state index contributed by atoms with van der Waals surface area (Å²) in [6.45, 7) is 2.14. The molecule has 0 saturated carbocycles. The van der Waals surface area contributed by atoms with E-state index in [9.17, 15) is 4.79 Å². The van der Waals surface area contributed by atoms with E-state index in [1.54, 1.807) is 43.8 Å². The van der Waals surface area contributed by atoms with Crippen LogP contribution >= 0.6 is 11.3 Å². The average molecular weight is 316 g/mol. The number of aryl methyl sites for hydroxylation is 1. The van der Waals surface area contributed by atoms with Crippen molar-refractivity contribution in [2.75, 3.05) is 14.2 Å². The monoisotopic (exact) mass is 316 g/mol. The highest BCUT2D eigenvalue weighted by Crippen LogP contribution is 2.26. The first-order valence-corrected chi connectivity index (χ1v) is 8.02. The minimum Gasteiger partial charge on any atom is -0.497 e. The number of carbonyl (C=O) groups excluding carboxylic acids is 1. The molecule has 0 radical (unpaired) electrons. The highest BCUT2D eigenvalue weighted by atomic mass is 32.1. The normalized spacial score (nSPS) is 10.9. The van der Waals surface area contributed by atoms with Crippen molar-refractivity contribution in [3.05, 3.63) is 51.7 Å². The van der Waals surface area contributed by atoms with Crippen molar-refractivity contribution >= 4 is 23.2 Å². The summed E-state index contributed by atoms with van der Waals surface area (Å²) in [6, 6.07) is 9.45. The van der Waals surface area contributed by atoms with Crippen LogP contribution in [0.15, 0.2) is 36.4 Å². The fourth-order valence-corrected chi connectivity index (χ4v) is 3.12. The number of hydrogen-bond acceptors (Lipinski definition) is 4. The van der Waals surface area contributed by atoms with Gasteiger partial charge in [0.1, 0.15) is 11.5 Å². The maximum Gasteiger partial charge on any atom is 0.195 e. The molecular weight excluding hydrogens is 296 g/mol. The molecule has 0 fully saturated rings. The number of ether oxygens (including phenoxy) is 2. The predicted octanol–water partition coefficient (Wildman–Crippen LogP) is 4.61. The first kappa shape index (κ1) is 16.3. The maximum atomic E-state index is 12.2. The molecule has 2 aromatic rings. The average Bonchev–Trinajstić information content (AvgIpc) is 3.01. The van der Waals surface area contributed by atoms with E-state index < -0.39 is 0 Å². The van der Waals surface area contributed by atoms with Gasteiger partial charge in [-0.25, -0.2) is 0 Å². The van der Waals surface area contributed by atoms with Gasteiger partial charge >= 0.3 is 0 Å². The summed E-state index contributed by atoms with van der Waals surface area (Å²) >= 11 is 1.56. The molecular formula is C18H20O3S. The summed E-state index contributed by atoms with van der Waals surface area (Å²) < 4.78 is 10.5. The van der Waals surface area contributed by atoms with Gasteiger partial charge in [-0.05, 0) is 42.8 Å². The highest BCUT2D eigenvalue weighted by molar-refractivity contribution is 7.14. The second-order valence-electron chi connectivity index (χ2n) is 4.82. The van der Waals surface area contributed by atoms with Gasteiger partial charge in [0, 0.05) is 16.5 Å². The van der Waals surface area contributed by atoms with Crippen LogP contribution in [0.1, 0.15) is 33.5 Å². The Labute approximate surface area is 135 Å². The van der Waals surface area contributed by atoms with Crippen molar-refractivity contribution in [2.45, 2.75) is 19.8 Å². The summed E-state index contributed by atoms with van der Waals surface area (Å²) in [5, 5.41) is 0. The topological polar surface area (TPSA) is 35.5 Å². The van der Waals surface area contributed by atoms with Crippen LogP contribution in [0, 0.1) is 0 Å². The van der Waals surface area contributed by atoms with Gasteiger partial charge < -0.3 is 9.47 Å². The van der Waals surface area contributed by atoms with Gasteiger partial charge in [0.05, 0.1) is 19.1 Å². The number of hydrogen-bond donors (Lipinski definition) is 0. The molecule has 0 bridgehead atoms. The second kappa shape index (κ2) is 7.80. The molecule has 4 heteroatoms. The SMILES string of the molecule is CCCc1ccc(C(=O)/C=C/c2ccc(OC)cc2OC)s1. The Hall–Kier alpha value is -2.07. The Morgan fingerprint density at radius 3 is 2.68 bits per heavy atom. The van der Waals surface area contributed by atoms with Crippen molar-refractivity contribution in [2.24, 2.45) is 0 Å². The van der Waals surface area contributed by atoms with Gasteiger partial charge in [-0.1, -0.05) is 13.3 Å². The summed E-state index contributed by atoms with van der Waals surface area (Å²) in [5.41, 5.74) is 0.849. The van der Waals surface area contributed by atoms with Gasteiger partial charge in [0.2, 0.25) is 0 Å². The standard InChI is InChI=1S/C18H20O3S/c1-4-5-15-9-11-18(22-15)16(19)10-7-13-6-8-14(20-2)12-17(13)21-3/h6-12H,4-5H2,1-3H3/b10-7+. The summed E-state index contributed by atoms with van der Waals surface area (Å²) in [7, 11) is 3.21. The van der Waals surface area contributed by atoms with Crippen molar-refractivity contribution in [1.29, 1.82) is 0 Å². The Bertz CT molecular complexity index is 671. The third kappa shape index (κ3) is 3.98. The van der Waals surface area contributed by atoms with E-state index in [0.29, 0.717) is 5.75 Å². The molecule has 0 spiro atoms. The van der Waals surface area contributed by atoms with Gasteiger partial charge in [-0.2, -0.15) is 0 Å². The molecule has 1 aromatic carbocycles. The molecule has 0 atom stereocenters. The van der Waals surface area contributed by atoms with Crippen LogP contribution in [0.2, 0.25) is 0 Å². The van der Waals surface area contributed by atoms with E-state index in [4.69, 9.17) is 9.47 Å². The van der Waals surface area contributed by atoms with Gasteiger partial charge in [-0.3, -0.25) is 4.79 Å². The van der Waals surface area contributed by atoms with Gasteiger partial charge in [-0.15, -0.1) is 11.3 Å². The van der Waals surface area contributed by atoms with Crippen LogP contribution in [0.4, 0.5) is 0 Å². The first-order chi connectivity index (χ1) is 10.7. The van der Waals surface area contributed by atoms with E-state index >= 15 is 0 Å². The number of benzene rings is 1. The maximum absolute atomic E-state index is 12.2. The Balaban J connectivity index is 2.14. The Morgan fingerprint density at radius 1 is 1.18 bits per heavy atom. The number of methoxy groups -OCH3 is 2. The number of ketones is 1. The van der Waals surface area contributed by atoms with Crippen LogP contribution < -0.4 is 9.47 Å². The van der Waals surface area contributed by atoms with E-state index in [1.807, 2.05) is 24.3 Å². The fourth-order valence-electron chi connectivity index (χ4n) is 2.09. The predicted molar refractivity (Wildman–Crippen MR) is 91.2 cm³/mol. The third-order valence-corrected chi connectivity index (χ3v) is 4.42. The lowest BCUT2D eigenvalue weighted by Crippen LogP contribution is -1.92. The quantitative estimate of drug-likeness (QED) is 0.552. The zero-order valence-corrected chi connectivity index (χ0v) is 13.9. The van der Waals surface area contributed by atoms with Crippen molar-refractivity contribution in [1.82, 2.24) is 0 Å². The zero-order valence-electron chi connectivity index (χ0n) is 13.1. The summed E-state index contributed by atoms with van der Waals surface area (Å²) in [5.74, 6) is 1.43. The fraction of sp³-hybridized carbons (Fsp3) is 0.278. The van der Waals surface area contributed by atoms with Crippen LogP contribution in [0.5, 0.6) is 11.5 Å². The van der Waals surface area contributed by atoms with E-state index in [0.717, 1.165) is 29.0 Å². The molecule has 116 valence electrons. The molecule has 22 heavy (non-hydrogen) atoms. The molecule has 1 aromatic heterocycles. The lowest BCUT2D eigenvalue weighted by atomic mass is 10.1. The van der Waals surface area contributed by atoms with Crippen molar-refractivity contribution in [3.8, 4) is 11.5 Å². The van der Waals surface area contributed by atoms with Crippen LogP contribution in [0.3, 0.4) is 0 Å². The minimum atomic E-state index is 0.0187. The smallest absolute Gasteiger partial charge is 0.195 e. The Kier molecular flexibility index (Phi) is 5.78. The van der Waals surface area contributed by atoms with Crippen LogP contribution in [-0.2, 0) is 6.42 Å². The number of allylic oxidation sites excluding steroid dienone is 1. The van der Waals surface area contributed by atoms with Gasteiger partial charge in [0.15, 0.2) is 5.78 Å². The summed E-state index contributed by atoms with van der Waals surface area (Å²) in [4.78, 5) is 14.2. The van der Waals surface area contributed by atoms with E-state index in [-0.39, 0.29) is 5.78 Å². The summed E-state index contributed by atoms with van der Waals surface area (Å²) in [6.07, 6.45) is 5.48. The molecule has 0 unspecified atom stereocenters. The minimum absolute atomic E-state index is 0.0187. The molecule has 0 saturated heterocycles. The molecule has 3 nitrogen and oxygen atoms in total. The third-order valence-electron chi connectivity index (χ3n) is 3.26. The molecule has 0 aliphatic carbocycles. The van der Waals surface area contributed by atoms with Gasteiger partial charge in [0.25, 0.3) is 0 Å². The van der Waals surface area contributed by atoms with Crippen LogP contribution in [-0.4, -0.2) is 20.0 Å². The zero-order chi connectivity index (χ0) is 15.9. The number of carbonyl (C=O) groups is 1. The lowest BCUT2D eigenvalue weighted by Gasteiger charge is -2.07. The van der Waals surface area contributed by atoms with E-state index in [1.165, 1.54) is 4.88 Å². The molecule has 2 rings (SSSR count). The highest BCUT2D eigenvalue weighted by Gasteiger charge is 2.07. The van der Waals surface area contributed by atoms with Crippen molar-refractivity contribution < 1.29 is 14.3 Å². The largest absolute Gasteiger partial charge is 0.497 e. The molecule has 0 aliphatic heterocycles. The molecule has 1 heterocycles. The lowest BCUT2D eigenvalue weighted by molar-refractivity contribution is 0.105. The van der Waals surface area contributed by atoms with Crippen LogP contribution in [0.25, 0.3) is 6.08 Å². The molecule has 0 amide bonds. The Morgan fingerprint density at radius 2 is 2.00 bits per heavy atom. The van der Waals surface area contributed by atoms with Crippen molar-refractivity contribution in [3.63, 3.8) is 0 Å². The first-order valence-electron chi connectivity index (χ1n) is 7.21.